The fourth-order valence-corrected chi connectivity index (χ4v) is 1.93. The van der Waals surface area contributed by atoms with Crippen molar-refractivity contribution >= 4 is 17.9 Å². The molecule has 1 N–H and O–H groups in total. The van der Waals surface area contributed by atoms with Crippen molar-refractivity contribution in [2.45, 2.75) is 20.3 Å². The SMILES string of the molecule is COc1c(C)cc(CCNC(=O)S)cc1C. The molecule has 0 aliphatic carbocycles. The third-order valence-electron chi connectivity index (χ3n) is 2.41. The Bertz CT molecular complexity index is 368. The lowest BCUT2D eigenvalue weighted by molar-refractivity contribution is 0.261. The lowest BCUT2D eigenvalue weighted by Crippen LogP contribution is -2.19. The van der Waals surface area contributed by atoms with Gasteiger partial charge in [0.2, 0.25) is 0 Å². The summed E-state index contributed by atoms with van der Waals surface area (Å²) in [6, 6.07) is 4.16. The number of thiol groups is 1. The summed E-state index contributed by atoms with van der Waals surface area (Å²) in [5.41, 5.74) is 3.43. The van der Waals surface area contributed by atoms with Crippen LogP contribution in [0.4, 0.5) is 4.79 Å². The van der Waals surface area contributed by atoms with E-state index in [1.54, 1.807) is 7.11 Å². The normalized spacial score (nSPS) is 10.0. The van der Waals surface area contributed by atoms with E-state index in [1.165, 1.54) is 5.56 Å². The number of benzene rings is 1. The Balaban J connectivity index is 2.72. The highest BCUT2D eigenvalue weighted by atomic mass is 32.1. The Kier molecular flexibility index (Phi) is 4.68. The number of nitrogens with one attached hydrogen (secondary N) is 1. The van der Waals surface area contributed by atoms with Gasteiger partial charge in [0.1, 0.15) is 5.75 Å². The van der Waals surface area contributed by atoms with Crippen LogP contribution >= 0.6 is 12.6 Å². The first-order chi connectivity index (χ1) is 7.54. The second kappa shape index (κ2) is 5.80. The molecule has 4 heteroatoms. The lowest BCUT2D eigenvalue weighted by Gasteiger charge is -2.11. The van der Waals surface area contributed by atoms with E-state index in [0.29, 0.717) is 6.54 Å². The van der Waals surface area contributed by atoms with E-state index in [2.05, 4.69) is 30.1 Å². The minimum Gasteiger partial charge on any atom is -0.496 e. The molecule has 0 spiro atoms. The molecule has 88 valence electrons. The quantitative estimate of drug-likeness (QED) is 0.792. The first kappa shape index (κ1) is 12.9. The van der Waals surface area contributed by atoms with Crippen molar-refractivity contribution in [3.63, 3.8) is 0 Å². The minimum atomic E-state index is -0.290. The average Bonchev–Trinajstić information content (AvgIpc) is 2.16. The number of carbonyl (C=O) groups is 1. The Hall–Kier alpha value is -1.16. The van der Waals surface area contributed by atoms with Gasteiger partial charge in [-0.25, -0.2) is 0 Å². The van der Waals surface area contributed by atoms with E-state index in [0.717, 1.165) is 23.3 Å². The van der Waals surface area contributed by atoms with Crippen LogP contribution in [0, 0.1) is 13.8 Å². The van der Waals surface area contributed by atoms with Crippen LogP contribution in [0.3, 0.4) is 0 Å². The van der Waals surface area contributed by atoms with E-state index in [4.69, 9.17) is 4.74 Å². The molecule has 0 saturated heterocycles. The van der Waals surface area contributed by atoms with Gasteiger partial charge in [0.05, 0.1) is 7.11 Å². The molecule has 1 aromatic carbocycles. The largest absolute Gasteiger partial charge is 0.496 e. The molecule has 3 nitrogen and oxygen atoms in total. The van der Waals surface area contributed by atoms with Gasteiger partial charge >= 0.3 is 0 Å². The second-order valence-electron chi connectivity index (χ2n) is 3.74. The standard InChI is InChI=1S/C12H17NO2S/c1-8-6-10(4-5-13-12(14)16)7-9(2)11(8)15-3/h6-7H,4-5H2,1-3H3,(H2,13,14,16). The van der Waals surface area contributed by atoms with E-state index >= 15 is 0 Å². The zero-order valence-electron chi connectivity index (χ0n) is 9.83. The summed E-state index contributed by atoms with van der Waals surface area (Å²) in [5, 5.41) is 2.37. The number of methoxy groups -OCH3 is 1. The molecule has 0 saturated carbocycles. The maximum atomic E-state index is 10.6. The topological polar surface area (TPSA) is 38.3 Å². The van der Waals surface area contributed by atoms with Gasteiger partial charge in [-0.05, 0) is 37.0 Å². The van der Waals surface area contributed by atoms with E-state index < -0.39 is 0 Å². The molecule has 0 fully saturated rings. The Morgan fingerprint density at radius 3 is 2.38 bits per heavy atom. The summed E-state index contributed by atoms with van der Waals surface area (Å²) >= 11 is 3.65. The lowest BCUT2D eigenvalue weighted by atomic mass is 10.0. The van der Waals surface area contributed by atoms with Gasteiger partial charge in [-0.2, -0.15) is 0 Å². The minimum absolute atomic E-state index is 0.290. The molecule has 0 bridgehead atoms. The van der Waals surface area contributed by atoms with Gasteiger partial charge in [-0.3, -0.25) is 4.79 Å². The smallest absolute Gasteiger partial charge is 0.275 e. The number of hydrogen-bond donors (Lipinski definition) is 2. The van der Waals surface area contributed by atoms with Gasteiger partial charge < -0.3 is 10.1 Å². The third kappa shape index (κ3) is 3.45. The van der Waals surface area contributed by atoms with Crippen LogP contribution in [0.15, 0.2) is 12.1 Å². The predicted octanol–water partition coefficient (Wildman–Crippen LogP) is 2.49. The molecular weight excluding hydrogens is 222 g/mol. The highest BCUT2D eigenvalue weighted by molar-refractivity contribution is 7.96. The second-order valence-corrected chi connectivity index (χ2v) is 4.15. The fraction of sp³-hybridized carbons (Fsp3) is 0.417. The summed E-state index contributed by atoms with van der Waals surface area (Å²) in [6.45, 7) is 4.65. The zero-order chi connectivity index (χ0) is 12.1. The summed E-state index contributed by atoms with van der Waals surface area (Å²) in [6.07, 6.45) is 0.804. The number of aryl methyl sites for hydroxylation is 2. The predicted molar refractivity (Wildman–Crippen MR) is 68.6 cm³/mol. The monoisotopic (exact) mass is 239 g/mol. The van der Waals surface area contributed by atoms with Gasteiger partial charge in [0.15, 0.2) is 0 Å². The molecular formula is C12H17NO2S. The number of carbonyl (C=O) groups excluding carboxylic acids is 1. The van der Waals surface area contributed by atoms with Crippen LogP contribution < -0.4 is 10.1 Å². The molecule has 0 aliphatic heterocycles. The molecule has 0 aromatic heterocycles. The number of hydrogen-bond acceptors (Lipinski definition) is 2. The highest BCUT2D eigenvalue weighted by Gasteiger charge is 2.05. The molecule has 0 aliphatic rings. The highest BCUT2D eigenvalue weighted by Crippen LogP contribution is 2.24. The van der Waals surface area contributed by atoms with E-state index in [9.17, 15) is 4.79 Å². The van der Waals surface area contributed by atoms with Crippen molar-refractivity contribution in [2.75, 3.05) is 13.7 Å². The van der Waals surface area contributed by atoms with Gasteiger partial charge in [0, 0.05) is 6.54 Å². The molecule has 1 rings (SSSR count). The Morgan fingerprint density at radius 2 is 1.94 bits per heavy atom. The van der Waals surface area contributed by atoms with Crippen molar-refractivity contribution in [1.82, 2.24) is 5.32 Å². The molecule has 16 heavy (non-hydrogen) atoms. The number of rotatable bonds is 4. The van der Waals surface area contributed by atoms with Crippen LogP contribution in [0.25, 0.3) is 0 Å². The number of amides is 1. The zero-order valence-corrected chi connectivity index (χ0v) is 10.7. The summed E-state index contributed by atoms with van der Waals surface area (Å²) < 4.78 is 5.29. The molecule has 1 amide bonds. The first-order valence-electron chi connectivity index (χ1n) is 5.15. The van der Waals surface area contributed by atoms with Crippen LogP contribution in [0.5, 0.6) is 5.75 Å². The Labute approximate surface area is 102 Å². The van der Waals surface area contributed by atoms with Gasteiger partial charge in [0.25, 0.3) is 5.24 Å². The Morgan fingerprint density at radius 1 is 1.38 bits per heavy atom. The van der Waals surface area contributed by atoms with Crippen LogP contribution in [-0.4, -0.2) is 18.9 Å². The molecule has 0 atom stereocenters. The van der Waals surface area contributed by atoms with Gasteiger partial charge in [-0.15, -0.1) is 0 Å². The molecule has 0 heterocycles. The molecule has 0 unspecified atom stereocenters. The fourth-order valence-electron chi connectivity index (χ4n) is 1.82. The van der Waals surface area contributed by atoms with Crippen LogP contribution in [0.1, 0.15) is 16.7 Å². The van der Waals surface area contributed by atoms with Crippen LogP contribution in [0.2, 0.25) is 0 Å². The van der Waals surface area contributed by atoms with E-state index in [-0.39, 0.29) is 5.24 Å². The maximum Gasteiger partial charge on any atom is 0.275 e. The first-order valence-corrected chi connectivity index (χ1v) is 5.60. The third-order valence-corrected chi connectivity index (χ3v) is 2.57. The van der Waals surface area contributed by atoms with Crippen molar-refractivity contribution in [3.8, 4) is 5.75 Å². The molecule has 1 aromatic rings. The van der Waals surface area contributed by atoms with Crippen molar-refractivity contribution in [3.05, 3.63) is 28.8 Å². The van der Waals surface area contributed by atoms with Crippen LogP contribution in [-0.2, 0) is 6.42 Å². The number of ether oxygens (including phenoxy) is 1. The summed E-state index contributed by atoms with van der Waals surface area (Å²) in [4.78, 5) is 10.6. The van der Waals surface area contributed by atoms with Crippen molar-refractivity contribution < 1.29 is 9.53 Å². The summed E-state index contributed by atoms with van der Waals surface area (Å²) in [5.74, 6) is 0.932. The summed E-state index contributed by atoms with van der Waals surface area (Å²) in [7, 11) is 1.68. The molecule has 0 radical (unpaired) electrons. The van der Waals surface area contributed by atoms with Gasteiger partial charge in [-0.1, -0.05) is 24.8 Å². The van der Waals surface area contributed by atoms with Crippen molar-refractivity contribution in [1.29, 1.82) is 0 Å². The van der Waals surface area contributed by atoms with E-state index in [1.807, 2.05) is 13.8 Å². The average molecular weight is 239 g/mol. The maximum absolute atomic E-state index is 10.6. The van der Waals surface area contributed by atoms with Crippen molar-refractivity contribution in [2.24, 2.45) is 0 Å².